The van der Waals surface area contributed by atoms with Crippen molar-refractivity contribution >= 4 is 49.0 Å². The molecular weight excluding hydrogens is 446 g/mol. The summed E-state index contributed by atoms with van der Waals surface area (Å²) in [6.07, 6.45) is 0.308. The molecule has 0 saturated carbocycles. The number of aromatic hydroxyl groups is 1. The van der Waals surface area contributed by atoms with Gasteiger partial charge in [0.05, 0.1) is 11.6 Å². The molecule has 1 aliphatic rings. The average Bonchev–Trinajstić information content (AvgIpc) is 3.30. The van der Waals surface area contributed by atoms with Crippen LogP contribution in [0.3, 0.4) is 0 Å². The van der Waals surface area contributed by atoms with E-state index in [4.69, 9.17) is 16.9 Å². The van der Waals surface area contributed by atoms with Crippen LogP contribution in [0.5, 0.6) is 5.75 Å². The van der Waals surface area contributed by atoms with Gasteiger partial charge in [-0.3, -0.25) is 4.79 Å². The lowest BCUT2D eigenvalue weighted by Crippen LogP contribution is -2.41. The zero-order chi connectivity index (χ0) is 21.5. The van der Waals surface area contributed by atoms with Crippen LogP contribution in [0.2, 0.25) is 5.02 Å². The zero-order valence-corrected chi connectivity index (χ0v) is 17.9. The van der Waals surface area contributed by atoms with Gasteiger partial charge in [0.25, 0.3) is 10.0 Å². The predicted octanol–water partition coefficient (Wildman–Crippen LogP) is 3.21. The van der Waals surface area contributed by atoms with Crippen molar-refractivity contribution in [1.82, 2.24) is 9.62 Å². The molecule has 0 spiro atoms. The molecule has 0 unspecified atom stereocenters. The highest BCUT2D eigenvalue weighted by atomic mass is 35.5. The topological polar surface area (TPSA) is 110 Å². The van der Waals surface area contributed by atoms with E-state index < -0.39 is 16.1 Å². The monoisotopic (exact) mass is 461 g/mol. The first-order valence-corrected chi connectivity index (χ1v) is 11.7. The third kappa shape index (κ3) is 3.87. The number of rotatable bonds is 5. The fourth-order valence-corrected chi connectivity index (χ4v) is 6.31. The summed E-state index contributed by atoms with van der Waals surface area (Å²) in [7, 11) is -3.90. The van der Waals surface area contributed by atoms with Crippen molar-refractivity contribution in [2.24, 2.45) is 0 Å². The standard InChI is InChI=1S/C20H16ClN3O4S2/c21-15-2-1-3-18-14(15)9-19(29-18)30(27,28)23-16-6-7-24(20(16)26)11-13-8-12(10-22)4-5-17(13)25/h1-5,8-9,16,23,25H,6-7,11H2/t16-/m0/s1. The van der Waals surface area contributed by atoms with Gasteiger partial charge in [0.15, 0.2) is 0 Å². The van der Waals surface area contributed by atoms with Gasteiger partial charge in [-0.2, -0.15) is 9.98 Å². The van der Waals surface area contributed by atoms with Crippen LogP contribution in [0, 0.1) is 11.3 Å². The van der Waals surface area contributed by atoms with E-state index in [0.717, 1.165) is 16.0 Å². The Balaban J connectivity index is 1.51. The molecule has 4 rings (SSSR count). The van der Waals surface area contributed by atoms with Crippen molar-refractivity contribution < 1.29 is 18.3 Å². The van der Waals surface area contributed by atoms with Crippen LogP contribution in [-0.4, -0.2) is 36.9 Å². The number of likely N-dealkylation sites (tertiary alicyclic amines) is 1. The van der Waals surface area contributed by atoms with Crippen LogP contribution in [0.25, 0.3) is 10.1 Å². The molecule has 1 fully saturated rings. The average molecular weight is 462 g/mol. The Labute approximate surface area is 182 Å². The highest BCUT2D eigenvalue weighted by Crippen LogP contribution is 2.34. The summed E-state index contributed by atoms with van der Waals surface area (Å²) in [5, 5.41) is 20.1. The Morgan fingerprint density at radius 2 is 2.10 bits per heavy atom. The molecule has 7 nitrogen and oxygen atoms in total. The number of phenols is 1. The van der Waals surface area contributed by atoms with Gasteiger partial charge in [-0.05, 0) is 42.8 Å². The number of sulfonamides is 1. The van der Waals surface area contributed by atoms with E-state index in [2.05, 4.69) is 4.72 Å². The third-order valence-electron chi connectivity index (χ3n) is 4.92. The number of hydrogen-bond acceptors (Lipinski definition) is 6. The van der Waals surface area contributed by atoms with Gasteiger partial charge in [0.1, 0.15) is 16.0 Å². The minimum absolute atomic E-state index is 0.0204. The number of carbonyl (C=O) groups excluding carboxylic acids is 1. The van der Waals surface area contributed by atoms with Crippen LogP contribution in [0.15, 0.2) is 46.7 Å². The number of halogens is 1. The molecule has 3 aromatic rings. The van der Waals surface area contributed by atoms with Crippen molar-refractivity contribution in [3.63, 3.8) is 0 Å². The molecule has 0 aliphatic carbocycles. The lowest BCUT2D eigenvalue weighted by molar-refractivity contribution is -0.129. The quantitative estimate of drug-likeness (QED) is 0.606. The Kier molecular flexibility index (Phi) is 5.42. The molecule has 0 radical (unpaired) electrons. The molecule has 2 aromatic carbocycles. The maximum absolute atomic E-state index is 12.8. The van der Waals surface area contributed by atoms with Gasteiger partial charge < -0.3 is 10.0 Å². The lowest BCUT2D eigenvalue weighted by atomic mass is 10.1. The van der Waals surface area contributed by atoms with Crippen molar-refractivity contribution in [2.45, 2.75) is 23.2 Å². The molecule has 1 atom stereocenters. The second kappa shape index (κ2) is 7.89. The number of nitrogens with zero attached hydrogens (tertiary/aromatic N) is 2. The molecule has 1 saturated heterocycles. The van der Waals surface area contributed by atoms with Gasteiger partial charge in [0, 0.05) is 33.8 Å². The molecule has 2 N–H and O–H groups in total. The summed E-state index contributed by atoms with van der Waals surface area (Å²) in [4.78, 5) is 14.2. The number of amides is 1. The first kappa shape index (κ1) is 20.6. The molecule has 154 valence electrons. The molecule has 1 aliphatic heterocycles. The van der Waals surface area contributed by atoms with Gasteiger partial charge in [-0.25, -0.2) is 8.42 Å². The van der Waals surface area contributed by atoms with Crippen LogP contribution in [0.4, 0.5) is 0 Å². The third-order valence-corrected chi connectivity index (χ3v) is 8.29. The molecular formula is C20H16ClN3O4S2. The minimum atomic E-state index is -3.90. The van der Waals surface area contributed by atoms with Crippen molar-refractivity contribution in [1.29, 1.82) is 5.26 Å². The maximum atomic E-state index is 12.8. The largest absolute Gasteiger partial charge is 0.508 e. The van der Waals surface area contributed by atoms with Crippen LogP contribution < -0.4 is 4.72 Å². The maximum Gasteiger partial charge on any atom is 0.250 e. The SMILES string of the molecule is N#Cc1ccc(O)c(CN2CC[C@H](NS(=O)(=O)c3cc4c(Cl)cccc4s3)C2=O)c1. The van der Waals surface area contributed by atoms with Gasteiger partial charge in [0.2, 0.25) is 5.91 Å². The molecule has 0 bridgehead atoms. The van der Waals surface area contributed by atoms with Gasteiger partial charge >= 0.3 is 0 Å². The van der Waals surface area contributed by atoms with Crippen LogP contribution in [-0.2, 0) is 21.4 Å². The predicted molar refractivity (Wildman–Crippen MR) is 114 cm³/mol. The number of hydrogen-bond donors (Lipinski definition) is 2. The summed E-state index contributed by atoms with van der Waals surface area (Å²) in [5.74, 6) is -0.396. The van der Waals surface area contributed by atoms with Crippen LogP contribution in [0.1, 0.15) is 17.5 Å². The van der Waals surface area contributed by atoms with E-state index in [0.29, 0.717) is 34.5 Å². The highest BCUT2D eigenvalue weighted by molar-refractivity contribution is 7.91. The number of phenolic OH excluding ortho intramolecular Hbond substituents is 1. The lowest BCUT2D eigenvalue weighted by Gasteiger charge is -2.18. The number of fused-ring (bicyclic) bond motifs is 1. The summed E-state index contributed by atoms with van der Waals surface area (Å²) in [6.45, 7) is 0.428. The first-order valence-electron chi connectivity index (χ1n) is 8.99. The summed E-state index contributed by atoms with van der Waals surface area (Å²) in [6, 6.07) is 12.2. The van der Waals surface area contributed by atoms with Crippen molar-refractivity contribution in [3.05, 3.63) is 58.6 Å². The fourth-order valence-electron chi connectivity index (χ4n) is 3.37. The number of nitrogens with one attached hydrogen (secondary N) is 1. The Morgan fingerprint density at radius 3 is 2.83 bits per heavy atom. The summed E-state index contributed by atoms with van der Waals surface area (Å²) < 4.78 is 29.0. The van der Waals surface area contributed by atoms with Gasteiger partial charge in [-0.15, -0.1) is 11.3 Å². The Hall–Kier alpha value is -2.64. The molecule has 1 aromatic heterocycles. The van der Waals surface area contributed by atoms with Gasteiger partial charge in [-0.1, -0.05) is 17.7 Å². The smallest absolute Gasteiger partial charge is 0.250 e. The number of nitriles is 1. The summed E-state index contributed by atoms with van der Waals surface area (Å²) >= 11 is 7.22. The molecule has 2 heterocycles. The first-order chi connectivity index (χ1) is 14.3. The van der Waals surface area contributed by atoms with Crippen molar-refractivity contribution in [3.8, 4) is 11.8 Å². The Bertz CT molecular complexity index is 1300. The second-order valence-corrected chi connectivity index (χ2v) is 10.3. The molecule has 10 heteroatoms. The molecule has 30 heavy (non-hydrogen) atoms. The molecule has 1 amide bonds. The summed E-state index contributed by atoms with van der Waals surface area (Å²) in [5.41, 5.74) is 0.806. The fraction of sp³-hybridized carbons (Fsp3) is 0.200. The normalized spacial score (nSPS) is 16.9. The van der Waals surface area contributed by atoms with E-state index >= 15 is 0 Å². The highest BCUT2D eigenvalue weighted by Gasteiger charge is 2.35. The van der Waals surface area contributed by atoms with E-state index in [1.165, 1.54) is 29.2 Å². The second-order valence-electron chi connectivity index (χ2n) is 6.89. The van der Waals surface area contributed by atoms with E-state index in [1.54, 1.807) is 18.2 Å². The van der Waals surface area contributed by atoms with Crippen LogP contribution >= 0.6 is 22.9 Å². The number of thiophene rings is 1. The van der Waals surface area contributed by atoms with E-state index in [9.17, 15) is 18.3 Å². The minimum Gasteiger partial charge on any atom is -0.508 e. The van der Waals surface area contributed by atoms with E-state index in [-0.39, 0.29) is 22.4 Å². The Morgan fingerprint density at radius 1 is 1.30 bits per heavy atom. The number of benzene rings is 2. The van der Waals surface area contributed by atoms with Crippen molar-refractivity contribution in [2.75, 3.05) is 6.54 Å². The number of carbonyl (C=O) groups is 1. The van der Waals surface area contributed by atoms with E-state index in [1.807, 2.05) is 6.07 Å². The zero-order valence-electron chi connectivity index (χ0n) is 15.5.